The Morgan fingerprint density at radius 3 is 2.48 bits per heavy atom. The molecule has 2 N–H and O–H groups in total. The second kappa shape index (κ2) is 10.3. The third-order valence-electron chi connectivity index (χ3n) is 3.68. The average Bonchev–Trinajstić information content (AvgIpc) is 2.70. The summed E-state index contributed by atoms with van der Waals surface area (Å²) in [6.07, 6.45) is 1.38. The van der Waals surface area contributed by atoms with Crippen molar-refractivity contribution in [1.29, 1.82) is 5.26 Å². The first-order valence-corrected chi connectivity index (χ1v) is 9.54. The van der Waals surface area contributed by atoms with E-state index in [1.54, 1.807) is 32.0 Å². The number of phenols is 1. The number of carbonyl (C=O) groups excluding carboxylic acids is 2. The molecule has 0 bridgehead atoms. The molecule has 0 saturated carbocycles. The van der Waals surface area contributed by atoms with Crippen LogP contribution in [0.25, 0.3) is 6.08 Å². The van der Waals surface area contributed by atoms with Crippen LogP contribution in [-0.4, -0.2) is 30.2 Å². The molecular weight excluding hydrogens is 440 g/mol. The summed E-state index contributed by atoms with van der Waals surface area (Å²) < 4.78 is 10.6. The number of hydrogen-bond acceptors (Lipinski definition) is 6. The summed E-state index contributed by atoms with van der Waals surface area (Å²) in [5.41, 5.74) is 1.14. The molecule has 0 radical (unpaired) electrons. The van der Waals surface area contributed by atoms with Gasteiger partial charge in [-0.25, -0.2) is 4.79 Å². The highest BCUT2D eigenvalue weighted by atomic mass is 79.9. The highest BCUT2D eigenvalue weighted by Crippen LogP contribution is 2.36. The van der Waals surface area contributed by atoms with E-state index in [2.05, 4.69) is 21.2 Å². The predicted octanol–water partition coefficient (Wildman–Crippen LogP) is 4.28. The molecule has 0 aromatic heterocycles. The van der Waals surface area contributed by atoms with Gasteiger partial charge >= 0.3 is 5.97 Å². The molecule has 0 atom stereocenters. The van der Waals surface area contributed by atoms with Crippen LogP contribution < -0.4 is 10.1 Å². The highest BCUT2D eigenvalue weighted by Gasteiger charge is 2.13. The van der Waals surface area contributed by atoms with Gasteiger partial charge < -0.3 is 19.9 Å². The van der Waals surface area contributed by atoms with Crippen molar-refractivity contribution in [3.05, 3.63) is 57.6 Å². The van der Waals surface area contributed by atoms with Gasteiger partial charge in [0.15, 0.2) is 11.5 Å². The molecule has 0 unspecified atom stereocenters. The Morgan fingerprint density at radius 2 is 1.90 bits per heavy atom. The fourth-order valence-electron chi connectivity index (χ4n) is 2.36. The van der Waals surface area contributed by atoms with E-state index in [9.17, 15) is 20.0 Å². The van der Waals surface area contributed by atoms with Gasteiger partial charge in [-0.05, 0) is 77.8 Å². The van der Waals surface area contributed by atoms with Gasteiger partial charge in [0, 0.05) is 5.69 Å². The Morgan fingerprint density at radius 1 is 1.21 bits per heavy atom. The van der Waals surface area contributed by atoms with E-state index in [1.807, 2.05) is 6.07 Å². The zero-order chi connectivity index (χ0) is 21.4. The van der Waals surface area contributed by atoms with E-state index in [0.717, 1.165) is 0 Å². The first-order chi connectivity index (χ1) is 13.9. The Balaban J connectivity index is 2.21. The number of esters is 1. The quantitative estimate of drug-likeness (QED) is 0.364. The van der Waals surface area contributed by atoms with E-state index in [1.165, 1.54) is 24.3 Å². The molecule has 0 aliphatic carbocycles. The van der Waals surface area contributed by atoms with Crippen molar-refractivity contribution in [2.24, 2.45) is 0 Å². The van der Waals surface area contributed by atoms with Gasteiger partial charge in [0.2, 0.25) is 0 Å². The first-order valence-electron chi connectivity index (χ1n) is 8.75. The number of anilines is 1. The standard InChI is InChI=1S/C21H19BrN2O5/c1-3-28-18-11-13(10-17(22)19(18)25)9-15(12-23)20(26)24-16-7-5-14(6-8-16)21(27)29-4-2/h5-11,25H,3-4H2,1-2H3,(H,24,26)/b15-9+. The summed E-state index contributed by atoms with van der Waals surface area (Å²) in [5, 5.41) is 22.0. The number of aromatic hydroxyl groups is 1. The Labute approximate surface area is 176 Å². The molecule has 2 aromatic carbocycles. The monoisotopic (exact) mass is 458 g/mol. The van der Waals surface area contributed by atoms with Crippen molar-refractivity contribution in [3.63, 3.8) is 0 Å². The summed E-state index contributed by atoms with van der Waals surface area (Å²) in [6, 6.07) is 11.1. The van der Waals surface area contributed by atoms with Crippen LogP contribution in [0.15, 0.2) is 46.4 Å². The van der Waals surface area contributed by atoms with Crippen LogP contribution in [0.1, 0.15) is 29.8 Å². The van der Waals surface area contributed by atoms with Gasteiger partial charge in [-0.3, -0.25) is 4.79 Å². The van der Waals surface area contributed by atoms with Gasteiger partial charge in [-0.1, -0.05) is 0 Å². The van der Waals surface area contributed by atoms with E-state index in [-0.39, 0.29) is 23.7 Å². The fraction of sp³-hybridized carbons (Fsp3) is 0.190. The number of carbonyl (C=O) groups is 2. The Bertz CT molecular complexity index is 978. The van der Waals surface area contributed by atoms with Crippen LogP contribution in [0, 0.1) is 11.3 Å². The van der Waals surface area contributed by atoms with E-state index < -0.39 is 11.9 Å². The number of halogens is 1. The highest BCUT2D eigenvalue weighted by molar-refractivity contribution is 9.10. The van der Waals surface area contributed by atoms with Crippen LogP contribution >= 0.6 is 15.9 Å². The minimum atomic E-state index is -0.612. The van der Waals surface area contributed by atoms with Crippen molar-refractivity contribution in [3.8, 4) is 17.6 Å². The molecule has 0 aliphatic rings. The minimum absolute atomic E-state index is 0.0614. The van der Waals surface area contributed by atoms with Crippen LogP contribution in [0.2, 0.25) is 0 Å². The number of hydrogen-bond donors (Lipinski definition) is 2. The number of phenolic OH excluding ortho intramolecular Hbond substituents is 1. The fourth-order valence-corrected chi connectivity index (χ4v) is 2.82. The molecule has 150 valence electrons. The largest absolute Gasteiger partial charge is 0.503 e. The summed E-state index contributed by atoms with van der Waals surface area (Å²) >= 11 is 3.22. The topological polar surface area (TPSA) is 109 Å². The van der Waals surface area contributed by atoms with Crippen LogP contribution in [-0.2, 0) is 9.53 Å². The molecule has 0 saturated heterocycles. The summed E-state index contributed by atoms with van der Waals surface area (Å²) in [6.45, 7) is 4.11. The zero-order valence-electron chi connectivity index (χ0n) is 15.9. The van der Waals surface area contributed by atoms with Crippen LogP contribution in [0.3, 0.4) is 0 Å². The lowest BCUT2D eigenvalue weighted by Crippen LogP contribution is -2.13. The zero-order valence-corrected chi connectivity index (χ0v) is 17.4. The molecule has 0 spiro atoms. The Kier molecular flexibility index (Phi) is 7.80. The lowest BCUT2D eigenvalue weighted by molar-refractivity contribution is -0.112. The second-order valence-corrected chi connectivity index (χ2v) is 6.56. The first kappa shape index (κ1) is 22.0. The Hall–Kier alpha value is -3.31. The number of amides is 1. The van der Waals surface area contributed by atoms with Gasteiger partial charge in [0.05, 0.1) is 23.2 Å². The van der Waals surface area contributed by atoms with Gasteiger partial charge in [-0.15, -0.1) is 0 Å². The van der Waals surface area contributed by atoms with Crippen molar-refractivity contribution < 1.29 is 24.2 Å². The number of ether oxygens (including phenoxy) is 2. The van der Waals surface area contributed by atoms with Crippen molar-refractivity contribution in [1.82, 2.24) is 0 Å². The molecule has 7 nitrogen and oxygen atoms in total. The minimum Gasteiger partial charge on any atom is -0.503 e. The molecule has 0 aliphatic heterocycles. The second-order valence-electron chi connectivity index (χ2n) is 5.70. The molecule has 0 fully saturated rings. The number of nitriles is 1. The van der Waals surface area contributed by atoms with Crippen molar-refractivity contribution in [2.75, 3.05) is 18.5 Å². The summed E-state index contributed by atoms with van der Waals surface area (Å²) in [7, 11) is 0. The number of nitrogens with zero attached hydrogens (tertiary/aromatic N) is 1. The molecule has 8 heteroatoms. The van der Waals surface area contributed by atoms with Gasteiger partial charge in [0.1, 0.15) is 11.6 Å². The SMILES string of the molecule is CCOC(=O)c1ccc(NC(=O)/C(C#N)=C/c2cc(Br)c(O)c(OCC)c2)cc1. The molecule has 2 aromatic rings. The van der Waals surface area contributed by atoms with Crippen LogP contribution in [0.4, 0.5) is 5.69 Å². The van der Waals surface area contributed by atoms with E-state index in [4.69, 9.17) is 9.47 Å². The van der Waals surface area contributed by atoms with E-state index in [0.29, 0.717) is 27.9 Å². The maximum atomic E-state index is 12.4. The predicted molar refractivity (Wildman–Crippen MR) is 112 cm³/mol. The lowest BCUT2D eigenvalue weighted by atomic mass is 10.1. The van der Waals surface area contributed by atoms with Crippen molar-refractivity contribution >= 4 is 39.6 Å². The van der Waals surface area contributed by atoms with Gasteiger partial charge in [-0.2, -0.15) is 5.26 Å². The summed E-state index contributed by atoms with van der Waals surface area (Å²) in [5.74, 6) is -0.890. The smallest absolute Gasteiger partial charge is 0.338 e. The average molecular weight is 459 g/mol. The molecule has 0 heterocycles. The maximum absolute atomic E-state index is 12.4. The molecule has 29 heavy (non-hydrogen) atoms. The molecular formula is C21H19BrN2O5. The third kappa shape index (κ3) is 5.83. The van der Waals surface area contributed by atoms with Crippen LogP contribution in [0.5, 0.6) is 11.5 Å². The molecule has 2 rings (SSSR count). The number of nitrogens with one attached hydrogen (secondary N) is 1. The maximum Gasteiger partial charge on any atom is 0.338 e. The summed E-state index contributed by atoms with van der Waals surface area (Å²) in [4.78, 5) is 24.1. The third-order valence-corrected chi connectivity index (χ3v) is 4.29. The number of rotatable bonds is 7. The lowest BCUT2D eigenvalue weighted by Gasteiger charge is -2.09. The normalized spacial score (nSPS) is 10.8. The van der Waals surface area contributed by atoms with Crippen molar-refractivity contribution in [2.45, 2.75) is 13.8 Å². The number of benzene rings is 2. The van der Waals surface area contributed by atoms with Gasteiger partial charge in [0.25, 0.3) is 5.91 Å². The molecule has 1 amide bonds. The van der Waals surface area contributed by atoms with E-state index >= 15 is 0 Å².